The van der Waals surface area contributed by atoms with E-state index in [1.807, 2.05) is 0 Å². The summed E-state index contributed by atoms with van der Waals surface area (Å²) in [7, 11) is 0. The van der Waals surface area contributed by atoms with E-state index in [4.69, 9.17) is 9.84 Å². The molecule has 0 saturated carbocycles. The van der Waals surface area contributed by atoms with Gasteiger partial charge in [-0.25, -0.2) is 4.39 Å². The zero-order valence-electron chi connectivity index (χ0n) is 9.97. The van der Waals surface area contributed by atoms with Crippen LogP contribution in [0.15, 0.2) is 18.2 Å². The number of nitrogens with one attached hydrogen (secondary N) is 1. The number of non-ortho nitro benzene ring substituents is 1. The highest BCUT2D eigenvalue weighted by atomic mass is 19.1. The summed E-state index contributed by atoms with van der Waals surface area (Å²) in [6, 6.07) is 3.17. The molecule has 19 heavy (non-hydrogen) atoms. The number of aliphatic carboxylic acids is 1. The van der Waals surface area contributed by atoms with Crippen molar-refractivity contribution in [3.05, 3.63) is 34.1 Å². The summed E-state index contributed by atoms with van der Waals surface area (Å²) in [5, 5.41) is 21.6. The topological polar surface area (TPSA) is 102 Å². The van der Waals surface area contributed by atoms with Crippen LogP contribution in [0.3, 0.4) is 0 Å². The maximum atomic E-state index is 13.1. The third-order valence-corrected chi connectivity index (χ3v) is 2.13. The van der Waals surface area contributed by atoms with Gasteiger partial charge >= 0.3 is 5.97 Å². The van der Waals surface area contributed by atoms with Crippen molar-refractivity contribution in [1.82, 2.24) is 0 Å². The zero-order valence-corrected chi connectivity index (χ0v) is 9.97. The predicted molar refractivity (Wildman–Crippen MR) is 64.6 cm³/mol. The Hall–Kier alpha value is -2.22. The van der Waals surface area contributed by atoms with Gasteiger partial charge in [-0.2, -0.15) is 0 Å². The molecule has 0 spiro atoms. The van der Waals surface area contributed by atoms with Gasteiger partial charge in [-0.3, -0.25) is 14.9 Å². The minimum absolute atomic E-state index is 0.0836. The Balaban J connectivity index is 2.37. The first kappa shape index (κ1) is 14.8. The van der Waals surface area contributed by atoms with Gasteiger partial charge in [0.05, 0.1) is 30.6 Å². The Labute approximate surface area is 108 Å². The van der Waals surface area contributed by atoms with Crippen molar-refractivity contribution < 1.29 is 24.0 Å². The van der Waals surface area contributed by atoms with Crippen molar-refractivity contribution in [2.45, 2.75) is 6.42 Å². The van der Waals surface area contributed by atoms with Crippen LogP contribution in [0.5, 0.6) is 0 Å². The summed E-state index contributed by atoms with van der Waals surface area (Å²) in [4.78, 5) is 20.0. The number of carbonyl (C=O) groups is 1. The maximum Gasteiger partial charge on any atom is 0.305 e. The molecule has 0 aromatic heterocycles. The number of benzene rings is 1. The van der Waals surface area contributed by atoms with Crippen LogP contribution < -0.4 is 5.32 Å². The minimum atomic E-state index is -0.950. The van der Waals surface area contributed by atoms with Gasteiger partial charge in [-0.05, 0) is 6.07 Å². The molecule has 7 nitrogen and oxygen atoms in total. The molecular weight excluding hydrogens is 259 g/mol. The van der Waals surface area contributed by atoms with E-state index in [-0.39, 0.29) is 31.0 Å². The van der Waals surface area contributed by atoms with Gasteiger partial charge in [-0.1, -0.05) is 0 Å². The molecule has 1 aromatic rings. The fraction of sp³-hybridized carbons (Fsp3) is 0.364. The number of halogens is 1. The molecule has 0 heterocycles. The first-order valence-corrected chi connectivity index (χ1v) is 5.47. The lowest BCUT2D eigenvalue weighted by Crippen LogP contribution is -2.11. The van der Waals surface area contributed by atoms with Crippen LogP contribution in [-0.4, -0.2) is 35.8 Å². The largest absolute Gasteiger partial charge is 0.481 e. The lowest BCUT2D eigenvalue weighted by atomic mass is 10.2. The molecule has 104 valence electrons. The zero-order chi connectivity index (χ0) is 14.3. The molecule has 0 saturated heterocycles. The summed E-state index contributed by atoms with van der Waals surface area (Å²) in [5.74, 6) is -1.66. The second-order valence-electron chi connectivity index (χ2n) is 3.64. The Morgan fingerprint density at radius 1 is 1.42 bits per heavy atom. The number of hydrogen-bond donors (Lipinski definition) is 2. The first-order valence-electron chi connectivity index (χ1n) is 5.47. The number of carboxylic acid groups (broad SMARTS) is 1. The number of anilines is 1. The third-order valence-electron chi connectivity index (χ3n) is 2.13. The van der Waals surface area contributed by atoms with Crippen molar-refractivity contribution >= 4 is 17.3 Å². The van der Waals surface area contributed by atoms with E-state index in [1.165, 1.54) is 6.07 Å². The molecule has 0 aliphatic carbocycles. The van der Waals surface area contributed by atoms with Gasteiger partial charge in [0.15, 0.2) is 0 Å². The van der Waals surface area contributed by atoms with Crippen molar-refractivity contribution in [3.8, 4) is 0 Å². The number of nitrogens with zero attached hydrogens (tertiary/aromatic N) is 1. The smallest absolute Gasteiger partial charge is 0.305 e. The number of rotatable bonds is 8. The third kappa shape index (κ3) is 5.77. The van der Waals surface area contributed by atoms with Crippen molar-refractivity contribution in [1.29, 1.82) is 0 Å². The standard InChI is InChI=1S/C11H13FN2O5/c12-8-5-9(7-10(6-8)14(17)18)13-2-4-19-3-1-11(15)16/h5-7,13H,1-4H2,(H,15,16). The highest BCUT2D eigenvalue weighted by Gasteiger charge is 2.09. The van der Waals surface area contributed by atoms with E-state index in [9.17, 15) is 19.3 Å². The van der Waals surface area contributed by atoms with Gasteiger partial charge in [0.2, 0.25) is 0 Å². The molecular formula is C11H13FN2O5. The Kier molecular flexibility index (Phi) is 5.68. The average Bonchev–Trinajstić information content (AvgIpc) is 2.32. The number of carboxylic acids is 1. The van der Waals surface area contributed by atoms with Crippen LogP contribution in [0.2, 0.25) is 0 Å². The quantitative estimate of drug-likeness (QED) is 0.423. The minimum Gasteiger partial charge on any atom is -0.481 e. The summed E-state index contributed by atoms with van der Waals surface area (Å²) in [6.07, 6.45) is -0.0918. The van der Waals surface area contributed by atoms with E-state index in [0.717, 1.165) is 12.1 Å². The summed E-state index contributed by atoms with van der Waals surface area (Å²) < 4.78 is 18.1. The first-order chi connectivity index (χ1) is 8.99. The monoisotopic (exact) mass is 272 g/mol. The predicted octanol–water partition coefficient (Wildman–Crippen LogP) is 1.64. The number of hydrogen-bond acceptors (Lipinski definition) is 5. The highest BCUT2D eigenvalue weighted by molar-refractivity contribution is 5.66. The molecule has 0 amide bonds. The molecule has 0 aliphatic rings. The van der Waals surface area contributed by atoms with E-state index in [0.29, 0.717) is 6.54 Å². The van der Waals surface area contributed by atoms with Gasteiger partial charge in [-0.15, -0.1) is 0 Å². The molecule has 8 heteroatoms. The van der Waals surface area contributed by atoms with E-state index in [1.54, 1.807) is 0 Å². The molecule has 0 atom stereocenters. The van der Waals surface area contributed by atoms with E-state index >= 15 is 0 Å². The van der Waals surface area contributed by atoms with Crippen molar-refractivity contribution in [2.75, 3.05) is 25.1 Å². The van der Waals surface area contributed by atoms with Gasteiger partial charge in [0.25, 0.3) is 5.69 Å². The molecule has 0 unspecified atom stereocenters. The normalized spacial score (nSPS) is 10.2. The Morgan fingerprint density at radius 3 is 2.79 bits per heavy atom. The molecule has 0 radical (unpaired) electrons. The SMILES string of the molecule is O=C(O)CCOCCNc1cc(F)cc([N+](=O)[O-])c1. The highest BCUT2D eigenvalue weighted by Crippen LogP contribution is 2.19. The molecule has 2 N–H and O–H groups in total. The van der Waals surface area contributed by atoms with Gasteiger partial charge in [0, 0.05) is 18.3 Å². The summed E-state index contributed by atoms with van der Waals surface area (Å²) in [5.41, 5.74) is -0.0668. The number of nitro groups is 1. The summed E-state index contributed by atoms with van der Waals surface area (Å²) in [6.45, 7) is 0.595. The fourth-order valence-corrected chi connectivity index (χ4v) is 1.31. The molecule has 1 rings (SSSR count). The molecule has 0 aliphatic heterocycles. The van der Waals surface area contributed by atoms with Crippen LogP contribution in [-0.2, 0) is 9.53 Å². The van der Waals surface area contributed by atoms with Crippen LogP contribution in [0.25, 0.3) is 0 Å². The number of ether oxygens (including phenoxy) is 1. The lowest BCUT2D eigenvalue weighted by molar-refractivity contribution is -0.385. The van der Waals surface area contributed by atoms with Crippen LogP contribution in [0, 0.1) is 15.9 Å². The van der Waals surface area contributed by atoms with Crippen LogP contribution in [0.4, 0.5) is 15.8 Å². The molecule has 0 bridgehead atoms. The van der Waals surface area contributed by atoms with Gasteiger partial charge < -0.3 is 15.2 Å². The maximum absolute atomic E-state index is 13.1. The fourth-order valence-electron chi connectivity index (χ4n) is 1.31. The Bertz CT molecular complexity index is 466. The molecule has 1 aromatic carbocycles. The van der Waals surface area contributed by atoms with Crippen LogP contribution in [0.1, 0.15) is 6.42 Å². The van der Waals surface area contributed by atoms with Crippen molar-refractivity contribution in [3.63, 3.8) is 0 Å². The average molecular weight is 272 g/mol. The van der Waals surface area contributed by atoms with E-state index < -0.39 is 16.7 Å². The van der Waals surface area contributed by atoms with Gasteiger partial charge in [0.1, 0.15) is 5.82 Å². The van der Waals surface area contributed by atoms with Crippen molar-refractivity contribution in [2.24, 2.45) is 0 Å². The Morgan fingerprint density at radius 2 is 2.16 bits per heavy atom. The molecule has 0 fully saturated rings. The second-order valence-corrected chi connectivity index (χ2v) is 3.64. The summed E-state index contributed by atoms with van der Waals surface area (Å²) >= 11 is 0. The lowest BCUT2D eigenvalue weighted by Gasteiger charge is -2.07. The number of nitro benzene ring substituents is 1. The van der Waals surface area contributed by atoms with E-state index in [2.05, 4.69) is 5.32 Å². The van der Waals surface area contributed by atoms with Crippen LogP contribution >= 0.6 is 0 Å². The second kappa shape index (κ2) is 7.27.